The Labute approximate surface area is 198 Å². The van der Waals surface area contributed by atoms with Crippen molar-refractivity contribution < 1.29 is 23.2 Å². The fraction of sp³-hybridized carbons (Fsp3) is 0.583. The third kappa shape index (κ3) is 5.91. The van der Waals surface area contributed by atoms with E-state index in [0.717, 1.165) is 38.5 Å². The Hall–Kier alpha value is -3.01. The van der Waals surface area contributed by atoms with Gasteiger partial charge in [0.15, 0.2) is 5.82 Å². The highest BCUT2D eigenvalue weighted by Gasteiger charge is 2.38. The predicted molar refractivity (Wildman–Crippen MR) is 124 cm³/mol. The number of ether oxygens (including phenoxy) is 1. The van der Waals surface area contributed by atoms with Gasteiger partial charge >= 0.3 is 0 Å². The van der Waals surface area contributed by atoms with E-state index in [1.807, 2.05) is 4.90 Å². The number of benzene rings is 1. The minimum Gasteiger partial charge on any atom is -0.378 e. The first-order valence-corrected chi connectivity index (χ1v) is 12.0. The van der Waals surface area contributed by atoms with Crippen molar-refractivity contribution in [1.82, 2.24) is 15.5 Å². The molecule has 10 heteroatoms. The standard InChI is InChI=1S/C24H32FN5O4/c1-17(31)28-24(10-4-2-3-5-11-24)23-27-22(34-29-23)9-8-21(32)26-18-6-7-20(19(25)16-18)30-12-14-33-15-13-30/h6-7,16H,2-5,8-15H2,1H3,(H,26,32)(H,28,31). The van der Waals surface area contributed by atoms with Gasteiger partial charge in [0, 0.05) is 38.5 Å². The molecule has 0 bridgehead atoms. The lowest BCUT2D eigenvalue weighted by molar-refractivity contribution is -0.121. The quantitative estimate of drug-likeness (QED) is 0.594. The highest BCUT2D eigenvalue weighted by Crippen LogP contribution is 2.34. The monoisotopic (exact) mass is 473 g/mol. The van der Waals surface area contributed by atoms with Crippen LogP contribution in [0, 0.1) is 5.82 Å². The van der Waals surface area contributed by atoms with E-state index in [2.05, 4.69) is 20.8 Å². The lowest BCUT2D eigenvalue weighted by atomic mass is 9.89. The van der Waals surface area contributed by atoms with Gasteiger partial charge in [-0.3, -0.25) is 9.59 Å². The maximum absolute atomic E-state index is 14.6. The van der Waals surface area contributed by atoms with E-state index in [9.17, 15) is 14.0 Å². The van der Waals surface area contributed by atoms with Crippen LogP contribution in [0.4, 0.5) is 15.8 Å². The fourth-order valence-electron chi connectivity index (χ4n) is 4.71. The predicted octanol–water partition coefficient (Wildman–Crippen LogP) is 3.30. The molecule has 2 amide bonds. The Morgan fingerprint density at radius 2 is 1.88 bits per heavy atom. The van der Waals surface area contributed by atoms with Crippen molar-refractivity contribution in [3.63, 3.8) is 0 Å². The van der Waals surface area contributed by atoms with Gasteiger partial charge in [-0.2, -0.15) is 4.98 Å². The molecule has 1 aromatic carbocycles. The van der Waals surface area contributed by atoms with E-state index in [1.165, 1.54) is 13.0 Å². The second-order valence-electron chi connectivity index (χ2n) is 9.00. The molecule has 0 atom stereocenters. The summed E-state index contributed by atoms with van der Waals surface area (Å²) in [7, 11) is 0. The largest absolute Gasteiger partial charge is 0.378 e. The first-order chi connectivity index (χ1) is 16.4. The third-order valence-corrected chi connectivity index (χ3v) is 6.42. The zero-order valence-electron chi connectivity index (χ0n) is 19.6. The molecule has 0 unspecified atom stereocenters. The number of morpholine rings is 1. The Kier molecular flexibility index (Phi) is 7.77. The fourth-order valence-corrected chi connectivity index (χ4v) is 4.71. The zero-order chi connectivity index (χ0) is 24.0. The number of nitrogens with one attached hydrogen (secondary N) is 2. The molecule has 34 heavy (non-hydrogen) atoms. The van der Waals surface area contributed by atoms with Gasteiger partial charge in [0.05, 0.1) is 18.9 Å². The summed E-state index contributed by atoms with van der Waals surface area (Å²) in [5, 5.41) is 9.91. The second-order valence-corrected chi connectivity index (χ2v) is 9.00. The summed E-state index contributed by atoms with van der Waals surface area (Å²) in [5.41, 5.74) is 0.284. The molecular formula is C24H32FN5O4. The second kappa shape index (κ2) is 10.9. The summed E-state index contributed by atoms with van der Waals surface area (Å²) in [5.74, 6) is 0.0328. The number of carbonyl (C=O) groups excluding carboxylic acids is 2. The topological polar surface area (TPSA) is 110 Å². The maximum Gasteiger partial charge on any atom is 0.227 e. The number of hydrogen-bond acceptors (Lipinski definition) is 7. The van der Waals surface area contributed by atoms with Crippen LogP contribution in [0.1, 0.15) is 63.6 Å². The number of hydrogen-bond donors (Lipinski definition) is 2. The molecule has 1 aromatic heterocycles. The molecule has 4 rings (SSSR count). The van der Waals surface area contributed by atoms with E-state index in [1.54, 1.807) is 12.1 Å². The average Bonchev–Trinajstić information content (AvgIpc) is 3.18. The van der Waals surface area contributed by atoms with Crippen molar-refractivity contribution in [2.75, 3.05) is 36.5 Å². The van der Waals surface area contributed by atoms with Gasteiger partial charge in [-0.1, -0.05) is 30.8 Å². The van der Waals surface area contributed by atoms with E-state index in [-0.39, 0.29) is 30.5 Å². The smallest absolute Gasteiger partial charge is 0.227 e. The molecule has 2 aromatic rings. The Morgan fingerprint density at radius 3 is 2.56 bits per heavy atom. The van der Waals surface area contributed by atoms with Gasteiger partial charge in [-0.15, -0.1) is 0 Å². The molecule has 2 N–H and O–H groups in total. The minimum absolute atomic E-state index is 0.113. The molecule has 2 heterocycles. The number of aryl methyl sites for hydroxylation is 1. The van der Waals surface area contributed by atoms with Gasteiger partial charge in [0.2, 0.25) is 17.7 Å². The van der Waals surface area contributed by atoms with Crippen molar-refractivity contribution in [3.05, 3.63) is 35.7 Å². The number of halogens is 1. The van der Waals surface area contributed by atoms with Crippen LogP contribution >= 0.6 is 0 Å². The third-order valence-electron chi connectivity index (χ3n) is 6.42. The number of anilines is 2. The molecule has 1 aliphatic carbocycles. The molecule has 184 valence electrons. The molecule has 1 saturated carbocycles. The molecular weight excluding hydrogens is 441 g/mol. The summed E-state index contributed by atoms with van der Waals surface area (Å²) in [4.78, 5) is 30.7. The van der Waals surface area contributed by atoms with Crippen LogP contribution in [0.15, 0.2) is 22.7 Å². The molecule has 1 aliphatic heterocycles. The van der Waals surface area contributed by atoms with Crippen LogP contribution in [-0.2, 0) is 26.3 Å². The van der Waals surface area contributed by atoms with Gasteiger partial charge in [0.1, 0.15) is 11.4 Å². The van der Waals surface area contributed by atoms with Crippen molar-refractivity contribution >= 4 is 23.2 Å². The molecule has 0 spiro atoms. The number of carbonyl (C=O) groups is 2. The molecule has 1 saturated heterocycles. The van der Waals surface area contributed by atoms with E-state index in [4.69, 9.17) is 9.26 Å². The molecule has 0 radical (unpaired) electrons. The van der Waals surface area contributed by atoms with Gasteiger partial charge < -0.3 is 24.8 Å². The highest BCUT2D eigenvalue weighted by molar-refractivity contribution is 5.91. The average molecular weight is 474 g/mol. The molecule has 9 nitrogen and oxygen atoms in total. The normalized spacial score (nSPS) is 18.2. The van der Waals surface area contributed by atoms with Crippen LogP contribution < -0.4 is 15.5 Å². The lowest BCUT2D eigenvalue weighted by Crippen LogP contribution is -2.45. The number of nitrogens with zero attached hydrogens (tertiary/aromatic N) is 3. The summed E-state index contributed by atoms with van der Waals surface area (Å²) < 4.78 is 25.3. The molecule has 2 aliphatic rings. The van der Waals surface area contributed by atoms with Gasteiger partial charge in [0.25, 0.3) is 0 Å². The van der Waals surface area contributed by atoms with E-state index < -0.39 is 5.54 Å². The Bertz CT molecular complexity index is 997. The van der Waals surface area contributed by atoms with Crippen LogP contribution in [0.3, 0.4) is 0 Å². The number of aromatic nitrogens is 2. The van der Waals surface area contributed by atoms with Gasteiger partial charge in [-0.25, -0.2) is 4.39 Å². The van der Waals surface area contributed by atoms with Crippen molar-refractivity contribution in [2.45, 2.75) is 63.8 Å². The van der Waals surface area contributed by atoms with E-state index in [0.29, 0.717) is 49.4 Å². The Morgan fingerprint density at radius 1 is 1.15 bits per heavy atom. The van der Waals surface area contributed by atoms with Crippen molar-refractivity contribution in [1.29, 1.82) is 0 Å². The first-order valence-electron chi connectivity index (χ1n) is 12.0. The van der Waals surface area contributed by atoms with Crippen molar-refractivity contribution in [2.24, 2.45) is 0 Å². The van der Waals surface area contributed by atoms with Crippen LogP contribution in [0.5, 0.6) is 0 Å². The maximum atomic E-state index is 14.6. The first kappa shape index (κ1) is 24.1. The molecule has 2 fully saturated rings. The van der Waals surface area contributed by atoms with Crippen molar-refractivity contribution in [3.8, 4) is 0 Å². The summed E-state index contributed by atoms with van der Waals surface area (Å²) in [6, 6.07) is 4.70. The number of amides is 2. The lowest BCUT2D eigenvalue weighted by Gasteiger charge is -2.30. The van der Waals surface area contributed by atoms with Crippen LogP contribution in [0.2, 0.25) is 0 Å². The van der Waals surface area contributed by atoms with Gasteiger partial charge in [-0.05, 0) is 31.0 Å². The highest BCUT2D eigenvalue weighted by atomic mass is 19.1. The Balaban J connectivity index is 1.34. The van der Waals surface area contributed by atoms with E-state index >= 15 is 0 Å². The van der Waals surface area contributed by atoms with Crippen LogP contribution in [0.25, 0.3) is 0 Å². The summed E-state index contributed by atoms with van der Waals surface area (Å²) in [6.07, 6.45) is 6.07. The zero-order valence-corrected chi connectivity index (χ0v) is 19.6. The summed E-state index contributed by atoms with van der Waals surface area (Å²) in [6.45, 7) is 3.91. The minimum atomic E-state index is -0.619. The summed E-state index contributed by atoms with van der Waals surface area (Å²) >= 11 is 0. The van der Waals surface area contributed by atoms with Crippen LogP contribution in [-0.4, -0.2) is 48.3 Å². The SMILES string of the molecule is CC(=O)NC1(c2noc(CCC(=O)Nc3ccc(N4CCOCC4)c(F)c3)n2)CCCCCC1. The number of rotatable bonds is 7.